The molecular weight excluding hydrogens is 368 g/mol. The number of carbonyl (C=O) groups is 2. The number of rotatable bonds is 4. The summed E-state index contributed by atoms with van der Waals surface area (Å²) in [4.78, 5) is 29.3. The third-order valence-corrected chi connectivity index (χ3v) is 5.36. The zero-order chi connectivity index (χ0) is 21.2. The van der Waals surface area contributed by atoms with Crippen LogP contribution in [0.4, 0.5) is 11.4 Å². The van der Waals surface area contributed by atoms with Crippen LogP contribution in [0.5, 0.6) is 0 Å². The van der Waals surface area contributed by atoms with E-state index in [1.807, 2.05) is 6.07 Å². The number of nitrogens with two attached hydrogens (primary N) is 2. The molecule has 0 spiro atoms. The van der Waals surface area contributed by atoms with Crippen LogP contribution >= 0.6 is 0 Å². The fraction of sp³-hybridized carbons (Fsp3) is 0.500. The second kappa shape index (κ2) is 8.37. The molecular formula is C22H30N4O3. The number of hydrogen-bond acceptors (Lipinski definition) is 6. The number of ketones is 1. The molecule has 7 nitrogen and oxygen atoms in total. The Bertz CT molecular complexity index is 876. The van der Waals surface area contributed by atoms with Gasteiger partial charge in [0.15, 0.2) is 5.78 Å². The molecule has 2 aliphatic rings. The number of ether oxygens (including phenoxy) is 1. The van der Waals surface area contributed by atoms with Crippen molar-refractivity contribution in [2.24, 2.45) is 21.9 Å². The van der Waals surface area contributed by atoms with E-state index in [2.05, 4.69) is 19.2 Å². The molecule has 0 unspecified atom stereocenters. The molecule has 1 amide bonds. The fourth-order valence-electron chi connectivity index (χ4n) is 3.98. The summed E-state index contributed by atoms with van der Waals surface area (Å²) in [6.07, 6.45) is 2.83. The highest BCUT2D eigenvalue weighted by molar-refractivity contribution is 6.25. The zero-order valence-corrected chi connectivity index (χ0v) is 17.4. The Kier molecular flexibility index (Phi) is 6.07. The van der Waals surface area contributed by atoms with E-state index in [1.54, 1.807) is 19.1 Å². The van der Waals surface area contributed by atoms with Crippen molar-refractivity contribution in [3.8, 4) is 0 Å². The molecule has 1 aromatic carbocycles. The van der Waals surface area contributed by atoms with E-state index < -0.39 is 5.91 Å². The number of benzene rings is 1. The average molecular weight is 399 g/mol. The van der Waals surface area contributed by atoms with E-state index >= 15 is 0 Å². The number of nitrogens with zero attached hydrogens (tertiary/aromatic N) is 1. The highest BCUT2D eigenvalue weighted by Gasteiger charge is 2.35. The molecule has 0 aromatic heterocycles. The summed E-state index contributed by atoms with van der Waals surface area (Å²) in [5.41, 5.74) is 14.8. The first kappa shape index (κ1) is 21.0. The minimum Gasteiger partial charge on any atom is -0.402 e. The van der Waals surface area contributed by atoms with Crippen molar-refractivity contribution >= 4 is 28.8 Å². The van der Waals surface area contributed by atoms with Crippen LogP contribution in [0.25, 0.3) is 0 Å². The van der Waals surface area contributed by atoms with Crippen molar-refractivity contribution in [3.63, 3.8) is 0 Å². The van der Waals surface area contributed by atoms with Gasteiger partial charge in [-0.15, -0.1) is 0 Å². The molecule has 0 radical (unpaired) electrons. The second-order valence-electron chi connectivity index (χ2n) is 8.68. The van der Waals surface area contributed by atoms with Crippen LogP contribution in [0, 0.1) is 5.41 Å². The number of allylic oxidation sites excluding steroid dienone is 2. The van der Waals surface area contributed by atoms with Gasteiger partial charge in [0.25, 0.3) is 5.91 Å². The summed E-state index contributed by atoms with van der Waals surface area (Å²) in [6, 6.07) is 5.45. The third-order valence-electron chi connectivity index (χ3n) is 5.36. The van der Waals surface area contributed by atoms with E-state index in [4.69, 9.17) is 21.2 Å². The Morgan fingerprint density at radius 2 is 1.90 bits per heavy atom. The molecule has 2 fully saturated rings. The quantitative estimate of drug-likeness (QED) is 0.673. The summed E-state index contributed by atoms with van der Waals surface area (Å²) in [6.45, 7) is 7.21. The number of carbonyl (C=O) groups excluding carboxylic acids is 2. The van der Waals surface area contributed by atoms with Gasteiger partial charge in [-0.2, -0.15) is 0 Å². The van der Waals surface area contributed by atoms with Gasteiger partial charge in [0.2, 0.25) is 0 Å². The molecule has 1 saturated heterocycles. The molecule has 5 N–H and O–H groups in total. The number of hydrogen-bond donors (Lipinski definition) is 3. The van der Waals surface area contributed by atoms with Gasteiger partial charge < -0.3 is 21.5 Å². The van der Waals surface area contributed by atoms with E-state index in [0.717, 1.165) is 12.8 Å². The second-order valence-corrected chi connectivity index (χ2v) is 8.68. The van der Waals surface area contributed by atoms with Crippen molar-refractivity contribution in [1.29, 1.82) is 0 Å². The molecule has 7 heteroatoms. The Morgan fingerprint density at radius 3 is 2.52 bits per heavy atom. The topological polar surface area (TPSA) is 120 Å². The summed E-state index contributed by atoms with van der Waals surface area (Å²) in [5.74, 6) is -0.472. The fourth-order valence-corrected chi connectivity index (χ4v) is 3.98. The zero-order valence-electron chi connectivity index (χ0n) is 17.4. The molecule has 0 bridgehead atoms. The van der Waals surface area contributed by atoms with Gasteiger partial charge in [-0.25, -0.2) is 0 Å². The van der Waals surface area contributed by atoms with Crippen LogP contribution in [-0.2, 0) is 9.53 Å². The number of amides is 1. The maximum atomic E-state index is 12.6. The minimum absolute atomic E-state index is 0.0225. The Hall–Kier alpha value is -2.67. The standard InChI is InChI=1S/C22H30N4O3/c1-13(23)20-18(11-22(2,3)12-19(20)27)26-15-4-5-16(21(24)28)17(10-15)25-14-6-8-29-9-7-14/h4-5,10,14,25H,6-9,11-12,23H2,1-3H3,(H2,24,28). The summed E-state index contributed by atoms with van der Waals surface area (Å²) >= 11 is 0. The van der Waals surface area contributed by atoms with Crippen molar-refractivity contribution < 1.29 is 14.3 Å². The SMILES string of the molecule is CC(N)=C1C(=O)CC(C)(C)CC1=Nc1ccc(C(N)=O)c(NC2CCOCC2)c1. The maximum absolute atomic E-state index is 12.6. The Morgan fingerprint density at radius 1 is 1.21 bits per heavy atom. The third kappa shape index (κ3) is 5.03. The Labute approximate surface area is 171 Å². The predicted molar refractivity (Wildman–Crippen MR) is 114 cm³/mol. The number of primary amides is 1. The molecule has 1 aliphatic heterocycles. The van der Waals surface area contributed by atoms with Gasteiger partial charge in [-0.1, -0.05) is 13.8 Å². The minimum atomic E-state index is -0.494. The van der Waals surface area contributed by atoms with E-state index in [9.17, 15) is 9.59 Å². The number of Topliss-reactive ketones (excluding diaryl/α,β-unsaturated/α-hetero) is 1. The van der Waals surface area contributed by atoms with Gasteiger partial charge in [-0.05, 0) is 49.8 Å². The lowest BCUT2D eigenvalue weighted by Crippen LogP contribution is -2.33. The highest BCUT2D eigenvalue weighted by Crippen LogP contribution is 2.36. The highest BCUT2D eigenvalue weighted by atomic mass is 16.5. The van der Waals surface area contributed by atoms with E-state index in [0.29, 0.717) is 60.0 Å². The molecule has 1 saturated carbocycles. The first-order valence-corrected chi connectivity index (χ1v) is 10.0. The van der Waals surface area contributed by atoms with Crippen molar-refractivity contribution in [2.75, 3.05) is 18.5 Å². The largest absolute Gasteiger partial charge is 0.402 e. The van der Waals surface area contributed by atoms with Gasteiger partial charge in [0, 0.05) is 37.1 Å². The van der Waals surface area contributed by atoms with E-state index in [1.165, 1.54) is 0 Å². The van der Waals surface area contributed by atoms with Gasteiger partial charge in [-0.3, -0.25) is 14.6 Å². The normalized spacial score (nSPS) is 23.1. The van der Waals surface area contributed by atoms with Crippen molar-refractivity contribution in [3.05, 3.63) is 35.0 Å². The summed E-state index contributed by atoms with van der Waals surface area (Å²) < 4.78 is 5.40. The van der Waals surface area contributed by atoms with Gasteiger partial charge in [0.05, 0.1) is 22.5 Å². The first-order valence-electron chi connectivity index (χ1n) is 10.0. The molecule has 0 atom stereocenters. The molecule has 3 rings (SSSR count). The van der Waals surface area contributed by atoms with Crippen molar-refractivity contribution in [1.82, 2.24) is 0 Å². The summed E-state index contributed by atoms with van der Waals surface area (Å²) in [7, 11) is 0. The lowest BCUT2D eigenvalue weighted by atomic mass is 9.73. The van der Waals surface area contributed by atoms with Crippen LogP contribution in [0.2, 0.25) is 0 Å². The summed E-state index contributed by atoms with van der Waals surface area (Å²) in [5, 5.41) is 3.41. The smallest absolute Gasteiger partial charge is 0.250 e. The molecule has 29 heavy (non-hydrogen) atoms. The molecule has 1 aromatic rings. The van der Waals surface area contributed by atoms with Crippen molar-refractivity contribution in [2.45, 2.75) is 52.5 Å². The monoisotopic (exact) mass is 398 g/mol. The van der Waals surface area contributed by atoms with Crippen LogP contribution in [0.15, 0.2) is 34.5 Å². The molecule has 1 aliphatic carbocycles. The van der Waals surface area contributed by atoms with Crippen LogP contribution in [0.1, 0.15) is 56.8 Å². The first-order chi connectivity index (χ1) is 13.7. The number of nitrogens with one attached hydrogen (secondary N) is 1. The van der Waals surface area contributed by atoms with Gasteiger partial charge in [0.1, 0.15) is 0 Å². The number of aliphatic imine (C=N–C) groups is 1. The molecule has 156 valence electrons. The molecule has 1 heterocycles. The predicted octanol–water partition coefficient (Wildman–Crippen LogP) is 3.07. The van der Waals surface area contributed by atoms with Crippen LogP contribution in [-0.4, -0.2) is 36.7 Å². The lowest BCUT2D eigenvalue weighted by Gasteiger charge is -2.31. The Balaban J connectivity index is 1.98. The number of anilines is 1. The lowest BCUT2D eigenvalue weighted by molar-refractivity contribution is -0.117. The van der Waals surface area contributed by atoms with E-state index in [-0.39, 0.29) is 17.2 Å². The van der Waals surface area contributed by atoms with Crippen LogP contribution in [0.3, 0.4) is 0 Å². The maximum Gasteiger partial charge on any atom is 0.250 e. The average Bonchev–Trinajstić information content (AvgIpc) is 2.60. The van der Waals surface area contributed by atoms with Gasteiger partial charge >= 0.3 is 0 Å². The van der Waals surface area contributed by atoms with Crippen LogP contribution < -0.4 is 16.8 Å².